The van der Waals surface area contributed by atoms with Crippen molar-refractivity contribution in [3.8, 4) is 5.75 Å². The van der Waals surface area contributed by atoms with Crippen molar-refractivity contribution in [3.63, 3.8) is 0 Å². The fraction of sp³-hybridized carbons (Fsp3) is 0.375. The van der Waals surface area contributed by atoms with Crippen LogP contribution < -0.4 is 10.1 Å². The Balaban J connectivity index is 2.43. The maximum Gasteiger partial charge on any atom is 0.125 e. The van der Waals surface area contributed by atoms with E-state index in [0.717, 1.165) is 29.2 Å². The van der Waals surface area contributed by atoms with Crippen molar-refractivity contribution in [1.29, 1.82) is 0 Å². The second-order valence-corrected chi connectivity index (χ2v) is 4.69. The van der Waals surface area contributed by atoms with Gasteiger partial charge in [0.1, 0.15) is 11.5 Å². The summed E-state index contributed by atoms with van der Waals surface area (Å²) in [5.41, 5.74) is 3.49. The van der Waals surface area contributed by atoms with Gasteiger partial charge in [-0.2, -0.15) is 0 Å². The van der Waals surface area contributed by atoms with Crippen LogP contribution >= 0.6 is 0 Å². The Kier molecular flexibility index (Phi) is 4.27. The minimum absolute atomic E-state index is 0.0864. The van der Waals surface area contributed by atoms with Gasteiger partial charge in [-0.15, -0.1) is 0 Å². The molecule has 0 aliphatic heterocycles. The molecule has 1 unspecified atom stereocenters. The van der Waals surface area contributed by atoms with Crippen molar-refractivity contribution in [2.45, 2.75) is 26.8 Å². The molecular weight excluding hydrogens is 238 g/mol. The summed E-state index contributed by atoms with van der Waals surface area (Å²) >= 11 is 0. The summed E-state index contributed by atoms with van der Waals surface area (Å²) in [6, 6.07) is 8.32. The molecule has 0 saturated heterocycles. The van der Waals surface area contributed by atoms with Crippen molar-refractivity contribution in [2.24, 2.45) is 0 Å². The second kappa shape index (κ2) is 5.93. The van der Waals surface area contributed by atoms with Crippen LogP contribution in [0, 0.1) is 13.8 Å². The average Bonchev–Trinajstić information content (AvgIpc) is 2.89. The lowest BCUT2D eigenvalue weighted by Gasteiger charge is -2.19. The number of hydrogen-bond donors (Lipinski definition) is 1. The van der Waals surface area contributed by atoms with Gasteiger partial charge in [0.25, 0.3) is 0 Å². The molecule has 0 spiro atoms. The summed E-state index contributed by atoms with van der Waals surface area (Å²) in [6.07, 6.45) is 1.71. The molecule has 1 aromatic carbocycles. The summed E-state index contributed by atoms with van der Waals surface area (Å²) in [6.45, 7) is 7.12. The van der Waals surface area contributed by atoms with E-state index in [1.54, 1.807) is 13.4 Å². The predicted octanol–water partition coefficient (Wildman–Crippen LogP) is 3.60. The molecule has 1 N–H and O–H groups in total. The number of methoxy groups -OCH3 is 1. The molecule has 0 saturated carbocycles. The first-order chi connectivity index (χ1) is 9.17. The molecule has 3 nitrogen and oxygen atoms in total. The maximum absolute atomic E-state index is 5.55. The number of hydrogen-bond acceptors (Lipinski definition) is 3. The molecule has 2 rings (SSSR count). The monoisotopic (exact) mass is 259 g/mol. The fourth-order valence-electron chi connectivity index (χ4n) is 2.51. The lowest BCUT2D eigenvalue weighted by Crippen LogP contribution is -2.21. The Labute approximate surface area is 114 Å². The van der Waals surface area contributed by atoms with Gasteiger partial charge in [0.2, 0.25) is 0 Å². The zero-order chi connectivity index (χ0) is 13.8. The van der Waals surface area contributed by atoms with Crippen molar-refractivity contribution in [2.75, 3.05) is 13.7 Å². The van der Waals surface area contributed by atoms with Gasteiger partial charge in [0.05, 0.1) is 19.4 Å². The van der Waals surface area contributed by atoms with Crippen LogP contribution in [0.15, 0.2) is 34.9 Å². The summed E-state index contributed by atoms with van der Waals surface area (Å²) in [5, 5.41) is 3.46. The first-order valence-corrected chi connectivity index (χ1v) is 6.59. The van der Waals surface area contributed by atoms with Crippen molar-refractivity contribution in [3.05, 3.63) is 53.0 Å². The van der Waals surface area contributed by atoms with E-state index >= 15 is 0 Å². The van der Waals surface area contributed by atoms with Gasteiger partial charge in [-0.05, 0) is 49.2 Å². The molecule has 0 aliphatic carbocycles. The first-order valence-electron chi connectivity index (χ1n) is 6.59. The lowest BCUT2D eigenvalue weighted by atomic mass is 9.98. The number of benzene rings is 1. The molecule has 0 radical (unpaired) electrons. The maximum atomic E-state index is 5.55. The molecule has 0 aliphatic rings. The van der Waals surface area contributed by atoms with E-state index in [0.29, 0.717) is 0 Å². The van der Waals surface area contributed by atoms with Crippen molar-refractivity contribution < 1.29 is 9.15 Å². The molecule has 2 aromatic rings. The Bertz CT molecular complexity index is 509. The highest BCUT2D eigenvalue weighted by atomic mass is 16.5. The summed E-state index contributed by atoms with van der Waals surface area (Å²) < 4.78 is 11.0. The van der Waals surface area contributed by atoms with Crippen molar-refractivity contribution >= 4 is 0 Å². The number of nitrogens with one attached hydrogen (secondary N) is 1. The molecule has 1 heterocycles. The summed E-state index contributed by atoms with van der Waals surface area (Å²) in [4.78, 5) is 0. The third kappa shape index (κ3) is 2.82. The molecular formula is C16H21NO2. The van der Waals surface area contributed by atoms with E-state index in [1.807, 2.05) is 12.1 Å². The molecule has 19 heavy (non-hydrogen) atoms. The van der Waals surface area contributed by atoms with Crippen LogP contribution in [0.4, 0.5) is 0 Å². The number of ether oxygens (including phenoxy) is 1. The minimum atomic E-state index is 0.0864. The Morgan fingerprint density at radius 2 is 1.95 bits per heavy atom. The minimum Gasteiger partial charge on any atom is -0.496 e. The predicted molar refractivity (Wildman–Crippen MR) is 76.7 cm³/mol. The van der Waals surface area contributed by atoms with E-state index in [1.165, 1.54) is 5.56 Å². The smallest absolute Gasteiger partial charge is 0.125 e. The molecule has 0 bridgehead atoms. The number of aryl methyl sites for hydroxylation is 2. The third-order valence-electron chi connectivity index (χ3n) is 3.26. The third-order valence-corrected chi connectivity index (χ3v) is 3.26. The van der Waals surface area contributed by atoms with E-state index in [2.05, 4.69) is 38.2 Å². The zero-order valence-electron chi connectivity index (χ0n) is 12.0. The fourth-order valence-corrected chi connectivity index (χ4v) is 2.51. The van der Waals surface area contributed by atoms with Gasteiger partial charge in [0, 0.05) is 0 Å². The highest BCUT2D eigenvalue weighted by Crippen LogP contribution is 2.30. The highest BCUT2D eigenvalue weighted by Gasteiger charge is 2.17. The van der Waals surface area contributed by atoms with Gasteiger partial charge < -0.3 is 14.5 Å². The van der Waals surface area contributed by atoms with Crippen LogP contribution in [0.25, 0.3) is 0 Å². The Hall–Kier alpha value is -1.74. The summed E-state index contributed by atoms with van der Waals surface area (Å²) in [7, 11) is 1.71. The molecule has 3 heteroatoms. The highest BCUT2D eigenvalue weighted by molar-refractivity contribution is 5.45. The van der Waals surface area contributed by atoms with Crippen LogP contribution in [-0.2, 0) is 0 Å². The van der Waals surface area contributed by atoms with Crippen molar-refractivity contribution in [1.82, 2.24) is 5.32 Å². The van der Waals surface area contributed by atoms with Gasteiger partial charge in [-0.3, -0.25) is 0 Å². The van der Waals surface area contributed by atoms with E-state index in [-0.39, 0.29) is 6.04 Å². The summed E-state index contributed by atoms with van der Waals surface area (Å²) in [5.74, 6) is 1.89. The standard InChI is InChI=1S/C16H21NO2/c1-5-17-15(14-7-6-8-19-14)13-9-11(2)16(18-4)12(3)10-13/h6-10,15,17H,5H2,1-4H3. The lowest BCUT2D eigenvalue weighted by molar-refractivity contribution is 0.407. The van der Waals surface area contributed by atoms with Gasteiger partial charge in [-0.25, -0.2) is 0 Å². The largest absolute Gasteiger partial charge is 0.496 e. The van der Waals surface area contributed by atoms with E-state index < -0.39 is 0 Å². The van der Waals surface area contributed by atoms with E-state index in [9.17, 15) is 0 Å². The van der Waals surface area contributed by atoms with Gasteiger partial charge >= 0.3 is 0 Å². The second-order valence-electron chi connectivity index (χ2n) is 4.69. The van der Waals surface area contributed by atoms with Crippen LogP contribution in [0.5, 0.6) is 5.75 Å². The van der Waals surface area contributed by atoms with Crippen LogP contribution in [0.2, 0.25) is 0 Å². The Morgan fingerprint density at radius 3 is 2.42 bits per heavy atom. The normalized spacial score (nSPS) is 12.4. The molecule has 1 aromatic heterocycles. The quantitative estimate of drug-likeness (QED) is 0.890. The van der Waals surface area contributed by atoms with Gasteiger partial charge in [-0.1, -0.05) is 19.1 Å². The van der Waals surface area contributed by atoms with E-state index in [4.69, 9.17) is 9.15 Å². The molecule has 0 fully saturated rings. The first kappa shape index (κ1) is 13.7. The van der Waals surface area contributed by atoms with Gasteiger partial charge in [0.15, 0.2) is 0 Å². The zero-order valence-corrected chi connectivity index (χ0v) is 12.0. The van der Waals surface area contributed by atoms with Crippen LogP contribution in [0.1, 0.15) is 35.4 Å². The SMILES string of the molecule is CCNC(c1cc(C)c(OC)c(C)c1)c1ccco1. The average molecular weight is 259 g/mol. The van der Waals surface area contributed by atoms with Crippen LogP contribution in [-0.4, -0.2) is 13.7 Å². The molecule has 102 valence electrons. The number of rotatable bonds is 5. The molecule has 0 amide bonds. The van der Waals surface area contributed by atoms with Crippen LogP contribution in [0.3, 0.4) is 0 Å². The molecule has 1 atom stereocenters. The Morgan fingerprint density at radius 1 is 1.26 bits per heavy atom. The topological polar surface area (TPSA) is 34.4 Å². The number of furan rings is 1.